The Kier molecular flexibility index (Phi) is 10.7. The molecular formula is C32H28N4O7S. The summed E-state index contributed by atoms with van der Waals surface area (Å²) in [4.78, 5) is 50.7. The fourth-order valence-corrected chi connectivity index (χ4v) is 4.74. The topological polar surface area (TPSA) is 149 Å². The molecular weight excluding hydrogens is 584 g/mol. The van der Waals surface area contributed by atoms with Gasteiger partial charge in [-0.25, -0.2) is 0 Å². The maximum atomic E-state index is 13.4. The van der Waals surface area contributed by atoms with Crippen LogP contribution in [0.25, 0.3) is 6.08 Å². The Morgan fingerprint density at radius 2 is 1.61 bits per heavy atom. The third-order valence-corrected chi connectivity index (χ3v) is 7.10. The van der Waals surface area contributed by atoms with Crippen LogP contribution in [0, 0.1) is 10.1 Å². The molecule has 0 unspecified atom stereocenters. The van der Waals surface area contributed by atoms with Gasteiger partial charge in [0.05, 0.1) is 36.1 Å². The van der Waals surface area contributed by atoms with Gasteiger partial charge >= 0.3 is 0 Å². The van der Waals surface area contributed by atoms with E-state index < -0.39 is 16.7 Å². The van der Waals surface area contributed by atoms with E-state index in [4.69, 9.17) is 9.47 Å². The molecule has 0 heterocycles. The third-order valence-electron chi connectivity index (χ3n) is 6.10. The van der Waals surface area contributed by atoms with Crippen molar-refractivity contribution in [2.75, 3.05) is 30.6 Å². The fourth-order valence-electron chi connectivity index (χ4n) is 3.98. The number of ether oxygens (including phenoxy) is 2. The van der Waals surface area contributed by atoms with Gasteiger partial charge in [0.1, 0.15) is 17.2 Å². The van der Waals surface area contributed by atoms with Gasteiger partial charge < -0.3 is 25.4 Å². The van der Waals surface area contributed by atoms with Crippen LogP contribution in [0.5, 0.6) is 11.5 Å². The minimum atomic E-state index is -0.697. The quantitative estimate of drug-likeness (QED) is 0.0792. The Hall–Kier alpha value is -5.62. The maximum Gasteiger partial charge on any atom is 0.276 e. The number of amides is 3. The second-order valence-electron chi connectivity index (χ2n) is 9.08. The number of rotatable bonds is 12. The zero-order chi connectivity index (χ0) is 31.5. The first-order valence-electron chi connectivity index (χ1n) is 13.1. The Morgan fingerprint density at radius 3 is 2.34 bits per heavy atom. The number of carbonyl (C=O) groups excluding carboxylic acids is 3. The van der Waals surface area contributed by atoms with E-state index in [9.17, 15) is 24.5 Å². The molecule has 0 saturated carbocycles. The highest BCUT2D eigenvalue weighted by Gasteiger charge is 2.19. The van der Waals surface area contributed by atoms with Gasteiger partial charge in [0.25, 0.3) is 17.5 Å². The van der Waals surface area contributed by atoms with E-state index >= 15 is 0 Å². The van der Waals surface area contributed by atoms with Gasteiger partial charge in [-0.1, -0.05) is 36.4 Å². The van der Waals surface area contributed by atoms with Gasteiger partial charge in [-0.05, 0) is 54.6 Å². The first kappa shape index (κ1) is 31.3. The summed E-state index contributed by atoms with van der Waals surface area (Å²) >= 11 is 1.24. The van der Waals surface area contributed by atoms with E-state index in [-0.39, 0.29) is 28.6 Å². The summed E-state index contributed by atoms with van der Waals surface area (Å²) < 4.78 is 10.5. The molecule has 3 N–H and O–H groups in total. The van der Waals surface area contributed by atoms with E-state index in [2.05, 4.69) is 16.0 Å². The number of nitro benzene ring substituents is 1. The summed E-state index contributed by atoms with van der Waals surface area (Å²) in [6.45, 7) is 0. The molecule has 3 amide bonds. The van der Waals surface area contributed by atoms with Crippen LogP contribution in [0.3, 0.4) is 0 Å². The van der Waals surface area contributed by atoms with Gasteiger partial charge in [0.2, 0.25) is 5.91 Å². The Morgan fingerprint density at radius 1 is 0.864 bits per heavy atom. The number of thioether (sulfide) groups is 1. The van der Waals surface area contributed by atoms with Crippen molar-refractivity contribution in [2.45, 2.75) is 4.90 Å². The van der Waals surface area contributed by atoms with Crippen molar-refractivity contribution in [3.05, 3.63) is 124 Å². The molecule has 0 bridgehead atoms. The lowest BCUT2D eigenvalue weighted by molar-refractivity contribution is -0.385. The van der Waals surface area contributed by atoms with Crippen LogP contribution in [-0.2, 0) is 9.59 Å². The number of para-hydroxylation sites is 1. The highest BCUT2D eigenvalue weighted by molar-refractivity contribution is 8.00. The fraction of sp³-hybridized carbons (Fsp3) is 0.0938. The van der Waals surface area contributed by atoms with E-state index in [1.807, 2.05) is 0 Å². The van der Waals surface area contributed by atoms with Crippen molar-refractivity contribution in [3.63, 3.8) is 0 Å². The number of hydrogen-bond acceptors (Lipinski definition) is 8. The van der Waals surface area contributed by atoms with Crippen LogP contribution in [0.2, 0.25) is 0 Å². The molecule has 12 heteroatoms. The van der Waals surface area contributed by atoms with Crippen molar-refractivity contribution in [2.24, 2.45) is 0 Å². The molecule has 0 aliphatic carbocycles. The molecule has 4 rings (SSSR count). The van der Waals surface area contributed by atoms with Crippen LogP contribution in [0.15, 0.2) is 108 Å². The minimum Gasteiger partial charge on any atom is -0.497 e. The van der Waals surface area contributed by atoms with Crippen molar-refractivity contribution in [1.29, 1.82) is 0 Å². The van der Waals surface area contributed by atoms with Crippen LogP contribution in [-0.4, -0.2) is 42.6 Å². The minimum absolute atomic E-state index is 0.0632. The average molecular weight is 613 g/mol. The van der Waals surface area contributed by atoms with Crippen LogP contribution in [0.1, 0.15) is 15.9 Å². The van der Waals surface area contributed by atoms with Crippen LogP contribution in [0.4, 0.5) is 17.1 Å². The Bertz CT molecular complexity index is 1710. The molecule has 0 saturated heterocycles. The van der Waals surface area contributed by atoms with Gasteiger partial charge in [-0.15, -0.1) is 11.8 Å². The van der Waals surface area contributed by atoms with Crippen molar-refractivity contribution < 1.29 is 28.8 Å². The number of methoxy groups -OCH3 is 2. The molecule has 0 atom stereocenters. The van der Waals surface area contributed by atoms with Crippen LogP contribution >= 0.6 is 11.8 Å². The maximum absolute atomic E-state index is 13.4. The van der Waals surface area contributed by atoms with Crippen molar-refractivity contribution in [1.82, 2.24) is 5.32 Å². The summed E-state index contributed by atoms with van der Waals surface area (Å²) in [7, 11) is 3.03. The predicted octanol–water partition coefficient (Wildman–Crippen LogP) is 5.75. The van der Waals surface area contributed by atoms with Gasteiger partial charge in [-0.3, -0.25) is 24.5 Å². The summed E-state index contributed by atoms with van der Waals surface area (Å²) in [6.07, 6.45) is 1.25. The Labute approximate surface area is 257 Å². The molecule has 0 spiro atoms. The second kappa shape index (κ2) is 15.0. The molecule has 224 valence electrons. The number of anilines is 2. The zero-order valence-corrected chi connectivity index (χ0v) is 24.6. The number of benzene rings is 4. The number of carbonyl (C=O) groups is 3. The van der Waals surface area contributed by atoms with Gasteiger partial charge in [-0.2, -0.15) is 0 Å². The molecule has 0 aliphatic rings. The summed E-state index contributed by atoms with van der Waals surface area (Å²) in [5.41, 5.74) is 0.870. The van der Waals surface area contributed by atoms with E-state index in [0.717, 1.165) is 0 Å². The Balaban J connectivity index is 1.49. The van der Waals surface area contributed by atoms with Gasteiger partial charge in [0, 0.05) is 28.3 Å². The molecule has 4 aromatic carbocycles. The molecule has 11 nitrogen and oxygen atoms in total. The number of nitro groups is 1. The lowest BCUT2D eigenvalue weighted by Crippen LogP contribution is -2.30. The highest BCUT2D eigenvalue weighted by atomic mass is 32.2. The van der Waals surface area contributed by atoms with Crippen molar-refractivity contribution >= 4 is 52.6 Å². The van der Waals surface area contributed by atoms with Crippen molar-refractivity contribution in [3.8, 4) is 11.5 Å². The molecule has 44 heavy (non-hydrogen) atoms. The van der Waals surface area contributed by atoms with Gasteiger partial charge in [0.15, 0.2) is 0 Å². The predicted molar refractivity (Wildman–Crippen MR) is 169 cm³/mol. The molecule has 0 aliphatic heterocycles. The first-order valence-corrected chi connectivity index (χ1v) is 14.1. The SMILES string of the molecule is COc1ccc(OC)c(NC(=O)CSc2cccc(NC(=O)/C(=C\c3ccccc3[N+](=O)[O-])NC(=O)c3ccccc3)c2)c1. The van der Waals surface area contributed by atoms with Crippen LogP contribution < -0.4 is 25.4 Å². The summed E-state index contributed by atoms with van der Waals surface area (Å²) in [6, 6.07) is 26.0. The molecule has 0 radical (unpaired) electrons. The number of nitrogens with zero attached hydrogens (tertiary/aromatic N) is 1. The summed E-state index contributed by atoms with van der Waals surface area (Å²) in [5.74, 6) is -0.432. The molecule has 4 aromatic rings. The van der Waals surface area contributed by atoms with E-state index in [1.54, 1.807) is 78.9 Å². The largest absolute Gasteiger partial charge is 0.497 e. The highest BCUT2D eigenvalue weighted by Crippen LogP contribution is 2.30. The lowest BCUT2D eigenvalue weighted by atomic mass is 10.1. The number of hydrogen-bond donors (Lipinski definition) is 3. The summed E-state index contributed by atoms with van der Waals surface area (Å²) in [5, 5.41) is 19.7. The molecule has 0 fully saturated rings. The monoisotopic (exact) mass is 612 g/mol. The smallest absolute Gasteiger partial charge is 0.276 e. The lowest BCUT2D eigenvalue weighted by Gasteiger charge is -2.13. The van der Waals surface area contributed by atoms with E-state index in [1.165, 1.54) is 50.3 Å². The zero-order valence-electron chi connectivity index (χ0n) is 23.7. The normalized spacial score (nSPS) is 10.8. The number of nitrogens with one attached hydrogen (secondary N) is 3. The van der Waals surface area contributed by atoms with E-state index in [0.29, 0.717) is 33.3 Å². The second-order valence-corrected chi connectivity index (χ2v) is 10.1. The molecule has 0 aromatic heterocycles. The third kappa shape index (κ3) is 8.46. The standard InChI is InChI=1S/C32H28N4O7S/c1-42-24-15-16-29(43-2)26(19-24)34-30(37)20-44-25-13-8-12-23(18-25)33-32(39)27(35-31(38)21-9-4-3-5-10-21)17-22-11-6-7-14-28(22)36(40)41/h3-19H,20H2,1-2H3,(H,33,39)(H,34,37)(H,35,38)/b27-17+. The first-order chi connectivity index (χ1) is 21.3. The average Bonchev–Trinajstić information content (AvgIpc) is 3.04.